The van der Waals surface area contributed by atoms with Crippen LogP contribution in [0.25, 0.3) is 5.57 Å². The van der Waals surface area contributed by atoms with E-state index in [0.29, 0.717) is 24.5 Å². The maximum atomic E-state index is 15.0. The number of halogens is 2. The van der Waals surface area contributed by atoms with Gasteiger partial charge in [-0.3, -0.25) is 10.1 Å². The van der Waals surface area contributed by atoms with E-state index in [0.717, 1.165) is 0 Å². The van der Waals surface area contributed by atoms with Crippen molar-refractivity contribution in [2.75, 3.05) is 13.1 Å². The number of carbonyl (C=O) groups excluding carboxylic acids is 1. The number of amides is 1. The summed E-state index contributed by atoms with van der Waals surface area (Å²) in [6, 6.07) is 0.692. The Morgan fingerprint density at radius 3 is 2.50 bits per heavy atom. The third kappa shape index (κ3) is 4.40. The molecule has 3 rings (SSSR count). The van der Waals surface area contributed by atoms with E-state index < -0.39 is 39.7 Å². The monoisotopic (exact) mass is 396 g/mol. The normalized spacial score (nSPS) is 17.2. The fourth-order valence-electron chi connectivity index (χ4n) is 2.89. The molecule has 7 nitrogen and oxygen atoms in total. The van der Waals surface area contributed by atoms with Crippen LogP contribution in [0.15, 0.2) is 12.1 Å². The lowest BCUT2D eigenvalue weighted by molar-refractivity contribution is -0.385. The van der Waals surface area contributed by atoms with E-state index in [9.17, 15) is 23.7 Å². The van der Waals surface area contributed by atoms with Crippen molar-refractivity contribution in [1.29, 1.82) is 0 Å². The average Bonchev–Trinajstić information content (AvgIpc) is 3.41. The van der Waals surface area contributed by atoms with Gasteiger partial charge in [-0.05, 0) is 45.6 Å². The first kappa shape index (κ1) is 20.0. The molecule has 1 fully saturated rings. The summed E-state index contributed by atoms with van der Waals surface area (Å²) in [6.07, 6.45) is 2.30. The summed E-state index contributed by atoms with van der Waals surface area (Å²) in [5.41, 5.74) is -1.26. The first-order valence-corrected chi connectivity index (χ1v) is 9.07. The van der Waals surface area contributed by atoms with E-state index in [4.69, 9.17) is 9.47 Å². The lowest BCUT2D eigenvalue weighted by Gasteiger charge is -2.29. The zero-order valence-electron chi connectivity index (χ0n) is 16.0. The van der Waals surface area contributed by atoms with Crippen LogP contribution in [0.1, 0.15) is 45.6 Å². The number of nitrogens with zero attached hydrogens (tertiary/aromatic N) is 2. The summed E-state index contributed by atoms with van der Waals surface area (Å²) in [5.74, 6) is -2.75. The predicted molar refractivity (Wildman–Crippen MR) is 97.1 cm³/mol. The van der Waals surface area contributed by atoms with Crippen molar-refractivity contribution >= 4 is 17.4 Å². The van der Waals surface area contributed by atoms with Crippen molar-refractivity contribution in [3.8, 4) is 5.75 Å². The van der Waals surface area contributed by atoms with Crippen LogP contribution in [0.5, 0.6) is 5.75 Å². The van der Waals surface area contributed by atoms with Crippen LogP contribution in [0.3, 0.4) is 0 Å². The molecule has 0 spiro atoms. The standard InChI is InChI=1S/C19H22F2N2O5/c1-19(2,3)28-18(24)22-8-6-11(7-9-22)15-14(23(25)26)10-13(20)17(16(15)21)27-12-4-5-12/h6,10,12H,4-5,7-9H2,1-3H3. The molecule has 28 heavy (non-hydrogen) atoms. The summed E-state index contributed by atoms with van der Waals surface area (Å²) in [5, 5.41) is 11.4. The van der Waals surface area contributed by atoms with Gasteiger partial charge in [0.1, 0.15) is 5.60 Å². The van der Waals surface area contributed by atoms with E-state index in [1.165, 1.54) is 11.0 Å². The zero-order valence-corrected chi connectivity index (χ0v) is 16.0. The highest BCUT2D eigenvalue weighted by atomic mass is 19.1. The largest absolute Gasteiger partial charge is 0.484 e. The Kier molecular flexibility index (Phi) is 5.27. The van der Waals surface area contributed by atoms with Crippen LogP contribution in [0.4, 0.5) is 19.3 Å². The molecule has 0 aromatic heterocycles. The average molecular weight is 396 g/mol. The Morgan fingerprint density at radius 2 is 2.00 bits per heavy atom. The number of hydrogen-bond acceptors (Lipinski definition) is 5. The van der Waals surface area contributed by atoms with E-state index in [1.807, 2.05) is 0 Å². The molecule has 1 amide bonds. The molecular formula is C19H22F2N2O5. The third-order valence-corrected chi connectivity index (χ3v) is 4.34. The van der Waals surface area contributed by atoms with Crippen molar-refractivity contribution in [3.05, 3.63) is 39.5 Å². The summed E-state index contributed by atoms with van der Waals surface area (Å²) in [7, 11) is 0. The second-order valence-electron chi connectivity index (χ2n) is 7.88. The third-order valence-electron chi connectivity index (χ3n) is 4.34. The van der Waals surface area contributed by atoms with Crippen molar-refractivity contribution in [2.45, 2.75) is 51.7 Å². The van der Waals surface area contributed by atoms with Crippen LogP contribution >= 0.6 is 0 Å². The van der Waals surface area contributed by atoms with E-state index in [-0.39, 0.29) is 31.2 Å². The van der Waals surface area contributed by atoms with Crippen molar-refractivity contribution in [2.24, 2.45) is 0 Å². The number of ether oxygens (including phenoxy) is 2. The molecule has 0 atom stereocenters. The van der Waals surface area contributed by atoms with Crippen LogP contribution in [-0.2, 0) is 4.74 Å². The van der Waals surface area contributed by atoms with Gasteiger partial charge in [0, 0.05) is 13.1 Å². The van der Waals surface area contributed by atoms with Crippen molar-refractivity contribution in [3.63, 3.8) is 0 Å². The Bertz CT molecular complexity index is 844. The van der Waals surface area contributed by atoms with Crippen molar-refractivity contribution < 1.29 is 28.0 Å². The number of rotatable bonds is 4. The Morgan fingerprint density at radius 1 is 1.32 bits per heavy atom. The highest BCUT2D eigenvalue weighted by Crippen LogP contribution is 2.40. The highest BCUT2D eigenvalue weighted by molar-refractivity contribution is 5.77. The summed E-state index contributed by atoms with van der Waals surface area (Å²) in [4.78, 5) is 24.1. The van der Waals surface area contributed by atoms with Gasteiger partial charge in [-0.15, -0.1) is 0 Å². The van der Waals surface area contributed by atoms with Crippen LogP contribution in [0, 0.1) is 21.7 Å². The number of nitro groups is 1. The Hall–Kier alpha value is -2.71. The molecule has 2 aliphatic rings. The fraction of sp³-hybridized carbons (Fsp3) is 0.526. The highest BCUT2D eigenvalue weighted by Gasteiger charge is 2.34. The molecule has 1 saturated carbocycles. The molecular weight excluding hydrogens is 374 g/mol. The fourth-order valence-corrected chi connectivity index (χ4v) is 2.89. The van der Waals surface area contributed by atoms with Gasteiger partial charge in [0.15, 0.2) is 17.4 Å². The summed E-state index contributed by atoms with van der Waals surface area (Å²) in [6.45, 7) is 5.54. The molecule has 9 heteroatoms. The first-order chi connectivity index (χ1) is 13.1. The topological polar surface area (TPSA) is 81.9 Å². The van der Waals surface area contributed by atoms with Gasteiger partial charge < -0.3 is 14.4 Å². The molecule has 1 aromatic rings. The quantitative estimate of drug-likeness (QED) is 0.555. The van der Waals surface area contributed by atoms with E-state index in [2.05, 4.69) is 0 Å². The molecule has 1 aliphatic heterocycles. The molecule has 0 N–H and O–H groups in total. The molecule has 152 valence electrons. The molecule has 0 bridgehead atoms. The van der Waals surface area contributed by atoms with Gasteiger partial charge in [-0.25, -0.2) is 13.6 Å². The molecule has 1 aliphatic carbocycles. The molecule has 0 unspecified atom stereocenters. The smallest absolute Gasteiger partial charge is 0.410 e. The SMILES string of the molecule is CC(C)(C)OC(=O)N1CC=C(c2c([N+](=O)[O-])cc(F)c(OC3CC3)c2F)CC1. The minimum Gasteiger partial charge on any atom is -0.484 e. The van der Waals surface area contributed by atoms with E-state index >= 15 is 0 Å². The molecule has 1 heterocycles. The lowest BCUT2D eigenvalue weighted by Crippen LogP contribution is -2.39. The Balaban J connectivity index is 1.90. The van der Waals surface area contributed by atoms with E-state index in [1.54, 1.807) is 20.8 Å². The number of nitro benzene ring substituents is 1. The lowest BCUT2D eigenvalue weighted by atomic mass is 9.96. The van der Waals surface area contributed by atoms with Crippen LogP contribution in [0.2, 0.25) is 0 Å². The maximum Gasteiger partial charge on any atom is 0.410 e. The van der Waals surface area contributed by atoms with Gasteiger partial charge in [-0.1, -0.05) is 6.08 Å². The van der Waals surface area contributed by atoms with Gasteiger partial charge >= 0.3 is 6.09 Å². The first-order valence-electron chi connectivity index (χ1n) is 9.07. The number of hydrogen-bond donors (Lipinski definition) is 0. The van der Waals surface area contributed by atoms with Crippen LogP contribution in [-0.4, -0.2) is 40.7 Å². The van der Waals surface area contributed by atoms with Crippen LogP contribution < -0.4 is 4.74 Å². The predicted octanol–water partition coefficient (Wildman–Crippen LogP) is 4.44. The summed E-state index contributed by atoms with van der Waals surface area (Å²) >= 11 is 0. The minimum absolute atomic E-state index is 0.108. The van der Waals surface area contributed by atoms with Gasteiger partial charge in [0.25, 0.3) is 5.69 Å². The summed E-state index contributed by atoms with van der Waals surface area (Å²) < 4.78 is 39.7. The Labute approximate surface area is 161 Å². The van der Waals surface area contributed by atoms with Gasteiger partial charge in [0.05, 0.1) is 22.7 Å². The van der Waals surface area contributed by atoms with Gasteiger partial charge in [0.2, 0.25) is 0 Å². The maximum absolute atomic E-state index is 15.0. The zero-order chi connectivity index (χ0) is 20.6. The molecule has 0 radical (unpaired) electrons. The second-order valence-corrected chi connectivity index (χ2v) is 7.88. The second kappa shape index (κ2) is 7.37. The molecule has 1 aromatic carbocycles. The minimum atomic E-state index is -1.09. The molecule has 0 saturated heterocycles. The number of benzene rings is 1. The van der Waals surface area contributed by atoms with Gasteiger partial charge in [-0.2, -0.15) is 0 Å². The number of carbonyl (C=O) groups is 1. The van der Waals surface area contributed by atoms with Crippen molar-refractivity contribution in [1.82, 2.24) is 4.90 Å².